The monoisotopic (exact) mass is 314 g/mol. The van der Waals surface area contributed by atoms with Gasteiger partial charge in [0.2, 0.25) is 0 Å². The van der Waals surface area contributed by atoms with Gasteiger partial charge >= 0.3 is 5.97 Å². The van der Waals surface area contributed by atoms with Crippen LogP contribution in [-0.2, 0) is 9.53 Å². The van der Waals surface area contributed by atoms with Gasteiger partial charge in [-0.05, 0) is 45.0 Å². The number of ether oxygens (including phenoxy) is 1. The Morgan fingerprint density at radius 1 is 1.52 bits per heavy atom. The molecule has 3 N–H and O–H groups in total. The summed E-state index contributed by atoms with van der Waals surface area (Å²) in [4.78, 5) is 14.0. The van der Waals surface area contributed by atoms with E-state index in [0.717, 1.165) is 25.9 Å². The molecule has 0 radical (unpaired) electrons. The van der Waals surface area contributed by atoms with Gasteiger partial charge in [0, 0.05) is 18.8 Å². The lowest BCUT2D eigenvalue weighted by Gasteiger charge is -2.46. The third kappa shape index (κ3) is 2.96. The van der Waals surface area contributed by atoms with Crippen LogP contribution in [0.5, 0.6) is 0 Å². The van der Waals surface area contributed by atoms with Crippen molar-refractivity contribution in [1.82, 2.24) is 4.90 Å². The van der Waals surface area contributed by atoms with Crippen molar-refractivity contribution in [3.05, 3.63) is 22.9 Å². The molecule has 6 heteroatoms. The molecule has 1 aliphatic heterocycles. The third-order valence-electron chi connectivity index (χ3n) is 4.67. The zero-order valence-electron chi connectivity index (χ0n) is 12.5. The Kier molecular flexibility index (Phi) is 4.96. The Balaban J connectivity index is 2.38. The maximum Gasteiger partial charge on any atom is 0.313 e. The maximum atomic E-state index is 11.7. The minimum absolute atomic E-state index is 0.0940. The smallest absolute Gasteiger partial charge is 0.313 e. The summed E-state index contributed by atoms with van der Waals surface area (Å²) >= 11 is 6.02. The van der Waals surface area contributed by atoms with E-state index >= 15 is 0 Å². The lowest BCUT2D eigenvalue weighted by molar-refractivity contribution is -0.152. The number of allylic oxidation sites excluding steroid dienone is 1. The molecule has 118 valence electrons. The predicted octanol–water partition coefficient (Wildman–Crippen LogP) is 1.93. The molecule has 0 bridgehead atoms. The molecule has 0 aromatic carbocycles. The van der Waals surface area contributed by atoms with Gasteiger partial charge in [0.15, 0.2) is 0 Å². The van der Waals surface area contributed by atoms with Gasteiger partial charge in [-0.15, -0.1) is 0 Å². The molecule has 0 aromatic rings. The topological polar surface area (TPSA) is 75.8 Å². The van der Waals surface area contributed by atoms with E-state index in [1.807, 2.05) is 6.92 Å². The molecule has 1 heterocycles. The number of nitrogens with two attached hydrogens (primary N) is 1. The molecule has 3 atom stereocenters. The van der Waals surface area contributed by atoms with Gasteiger partial charge in [0.1, 0.15) is 11.5 Å². The molecule has 21 heavy (non-hydrogen) atoms. The van der Waals surface area contributed by atoms with Gasteiger partial charge in [-0.25, -0.2) is 0 Å². The second-order valence-electron chi connectivity index (χ2n) is 5.76. The fourth-order valence-corrected chi connectivity index (χ4v) is 3.55. The molecule has 5 nitrogen and oxygen atoms in total. The highest BCUT2D eigenvalue weighted by Gasteiger charge is 2.49. The zero-order valence-corrected chi connectivity index (χ0v) is 13.3. The van der Waals surface area contributed by atoms with E-state index in [9.17, 15) is 9.90 Å². The normalized spacial score (nSPS) is 32.2. The van der Waals surface area contributed by atoms with E-state index in [2.05, 4.69) is 4.90 Å². The van der Waals surface area contributed by atoms with Gasteiger partial charge in [-0.3, -0.25) is 9.69 Å². The fraction of sp³-hybridized carbons (Fsp3) is 0.667. The number of piperidine rings is 1. The van der Waals surface area contributed by atoms with Crippen LogP contribution in [0.3, 0.4) is 0 Å². The highest BCUT2D eigenvalue weighted by Crippen LogP contribution is 2.39. The van der Waals surface area contributed by atoms with Crippen LogP contribution in [-0.4, -0.2) is 47.8 Å². The van der Waals surface area contributed by atoms with Gasteiger partial charge in [-0.2, -0.15) is 0 Å². The summed E-state index contributed by atoms with van der Waals surface area (Å²) in [7, 11) is 1.53. The van der Waals surface area contributed by atoms with E-state index in [1.54, 1.807) is 6.08 Å². The molecule has 3 unspecified atom stereocenters. The average Bonchev–Trinajstić information content (AvgIpc) is 2.49. The van der Waals surface area contributed by atoms with Crippen LogP contribution in [0.1, 0.15) is 26.2 Å². The van der Waals surface area contributed by atoms with Crippen molar-refractivity contribution in [2.45, 2.75) is 37.8 Å². The molecule has 0 amide bonds. The molecule has 0 saturated carbocycles. The molecular formula is C15H23ClN2O3. The molecule has 1 fully saturated rings. The van der Waals surface area contributed by atoms with Crippen LogP contribution >= 0.6 is 11.6 Å². The van der Waals surface area contributed by atoms with E-state index in [1.165, 1.54) is 19.6 Å². The summed E-state index contributed by atoms with van der Waals surface area (Å²) in [5, 5.41) is 9.86. The molecule has 0 aromatic heterocycles. The van der Waals surface area contributed by atoms with Gasteiger partial charge in [0.05, 0.1) is 5.03 Å². The number of rotatable bonds is 4. The van der Waals surface area contributed by atoms with Crippen LogP contribution in [0.4, 0.5) is 0 Å². The second kappa shape index (κ2) is 6.38. The highest BCUT2D eigenvalue weighted by atomic mass is 35.5. The zero-order chi connectivity index (χ0) is 15.6. The lowest BCUT2D eigenvalue weighted by atomic mass is 9.76. The quantitative estimate of drug-likeness (QED) is 0.829. The number of hydrogen-bond donors (Lipinski definition) is 2. The van der Waals surface area contributed by atoms with E-state index < -0.39 is 17.5 Å². The predicted molar refractivity (Wildman–Crippen MR) is 82.0 cm³/mol. The molecular weight excluding hydrogens is 292 g/mol. The number of carbonyl (C=O) groups is 1. The number of aliphatic carboxylic acids is 1. The van der Waals surface area contributed by atoms with Crippen molar-refractivity contribution in [3.63, 3.8) is 0 Å². The summed E-state index contributed by atoms with van der Waals surface area (Å²) in [6.07, 6.45) is 6.63. The van der Waals surface area contributed by atoms with Gasteiger partial charge in [-0.1, -0.05) is 18.0 Å². The van der Waals surface area contributed by atoms with Crippen LogP contribution < -0.4 is 5.73 Å². The first-order valence-electron chi connectivity index (χ1n) is 7.30. The minimum Gasteiger partial charge on any atom is -0.481 e. The van der Waals surface area contributed by atoms with Crippen molar-refractivity contribution < 1.29 is 14.6 Å². The van der Waals surface area contributed by atoms with Gasteiger partial charge in [0.25, 0.3) is 0 Å². The fourth-order valence-electron chi connectivity index (χ4n) is 3.37. The number of methoxy groups -OCH3 is 1. The number of carboxylic acid groups (broad SMARTS) is 1. The SMILES string of the molecule is COC1(C(C)N2CCCCC2)C=C(N)C(Cl)=CC1C(=O)O. The molecule has 1 aliphatic carbocycles. The van der Waals surface area contributed by atoms with Crippen molar-refractivity contribution in [2.24, 2.45) is 11.7 Å². The summed E-state index contributed by atoms with van der Waals surface area (Å²) in [5.74, 6) is -1.80. The Labute approximate surface area is 130 Å². The first-order chi connectivity index (χ1) is 9.92. The Morgan fingerprint density at radius 2 is 2.14 bits per heavy atom. The van der Waals surface area contributed by atoms with E-state index in [-0.39, 0.29) is 11.1 Å². The number of nitrogens with zero attached hydrogens (tertiary/aromatic N) is 1. The van der Waals surface area contributed by atoms with Crippen molar-refractivity contribution >= 4 is 17.6 Å². The van der Waals surface area contributed by atoms with E-state index in [0.29, 0.717) is 5.70 Å². The Morgan fingerprint density at radius 3 is 2.67 bits per heavy atom. The summed E-state index contributed by atoms with van der Waals surface area (Å²) in [6.45, 7) is 3.90. The number of carboxylic acids is 1. The van der Waals surface area contributed by atoms with Crippen LogP contribution in [0.15, 0.2) is 22.9 Å². The standard InChI is InChI=1S/C15H23ClN2O3/c1-10(18-6-4-3-5-7-18)15(21-2)9-13(17)12(16)8-11(15)14(19)20/h8-11H,3-7,17H2,1-2H3,(H,19,20). The van der Waals surface area contributed by atoms with Crippen molar-refractivity contribution in [1.29, 1.82) is 0 Å². The molecule has 0 spiro atoms. The number of halogens is 1. The van der Waals surface area contributed by atoms with Crippen molar-refractivity contribution in [3.8, 4) is 0 Å². The molecule has 2 aliphatic rings. The summed E-state index contributed by atoms with van der Waals surface area (Å²) in [6, 6.07) is -0.0940. The largest absolute Gasteiger partial charge is 0.481 e. The molecule has 2 rings (SSSR count). The second-order valence-corrected chi connectivity index (χ2v) is 6.17. The highest BCUT2D eigenvalue weighted by molar-refractivity contribution is 6.32. The van der Waals surface area contributed by atoms with Crippen molar-refractivity contribution in [2.75, 3.05) is 20.2 Å². The Bertz CT molecular complexity index is 472. The average molecular weight is 315 g/mol. The number of likely N-dealkylation sites (tertiary alicyclic amines) is 1. The van der Waals surface area contributed by atoms with Crippen LogP contribution in [0, 0.1) is 5.92 Å². The van der Waals surface area contributed by atoms with Crippen LogP contribution in [0.25, 0.3) is 0 Å². The summed E-state index contributed by atoms with van der Waals surface area (Å²) in [5.41, 5.74) is 5.31. The van der Waals surface area contributed by atoms with Crippen LogP contribution in [0.2, 0.25) is 0 Å². The first-order valence-corrected chi connectivity index (χ1v) is 7.68. The number of hydrogen-bond acceptors (Lipinski definition) is 4. The maximum absolute atomic E-state index is 11.7. The Hall–Kier alpha value is -1.04. The van der Waals surface area contributed by atoms with Gasteiger partial charge < -0.3 is 15.6 Å². The minimum atomic E-state index is -0.994. The third-order valence-corrected chi connectivity index (χ3v) is 5.01. The first kappa shape index (κ1) is 16.3. The summed E-state index contributed by atoms with van der Waals surface area (Å²) < 4.78 is 5.70. The van der Waals surface area contributed by atoms with E-state index in [4.69, 9.17) is 22.1 Å². The lowest BCUT2D eigenvalue weighted by Crippen LogP contribution is -2.59. The molecule has 1 saturated heterocycles.